The maximum atomic E-state index is 10.8. The maximum absolute atomic E-state index is 10.8. The van der Waals surface area contributed by atoms with Crippen LogP contribution in [-0.2, 0) is 0 Å². The van der Waals surface area contributed by atoms with E-state index >= 15 is 0 Å². The number of carboxylic acid groups (broad SMARTS) is 2. The molecule has 6 nitrogen and oxygen atoms in total. The van der Waals surface area contributed by atoms with Crippen LogP contribution in [0.1, 0.15) is 20.7 Å². The minimum absolute atomic E-state index is 0.0762. The summed E-state index contributed by atoms with van der Waals surface area (Å²) in [7, 11) is 0. The third-order valence-corrected chi connectivity index (χ3v) is 2.42. The largest absolute Gasteiger partial charge is 0.478 e. The summed E-state index contributed by atoms with van der Waals surface area (Å²) in [4.78, 5) is 31.4. The molecule has 2 N–H and O–H groups in total. The molecular formula is C14H10O6. The first-order valence-corrected chi connectivity index (χ1v) is 5.57. The fraction of sp³-hybridized carbons (Fsp3) is 0. The summed E-state index contributed by atoms with van der Waals surface area (Å²) in [6.07, 6.45) is 0. The minimum atomic E-state index is -1.07. The second-order valence-corrected chi connectivity index (χ2v) is 3.83. The molecule has 0 aliphatic carbocycles. The van der Waals surface area contributed by atoms with E-state index in [1.165, 1.54) is 48.5 Å². The number of benzene rings is 2. The summed E-state index contributed by atoms with van der Waals surface area (Å²) < 4.78 is 0. The molecule has 0 fully saturated rings. The molecule has 0 spiro atoms. The summed E-state index contributed by atoms with van der Waals surface area (Å²) in [5.41, 5.74) is 0.206. The Morgan fingerprint density at radius 2 is 1.35 bits per heavy atom. The molecule has 0 bridgehead atoms. The van der Waals surface area contributed by atoms with E-state index in [-0.39, 0.29) is 16.9 Å². The van der Waals surface area contributed by atoms with Gasteiger partial charge in [0.05, 0.1) is 11.1 Å². The van der Waals surface area contributed by atoms with Crippen molar-refractivity contribution in [1.82, 2.24) is 0 Å². The Morgan fingerprint density at radius 1 is 0.750 bits per heavy atom. The molecule has 0 aromatic heterocycles. The SMILES string of the molecule is O=C(O)c1ccc(OOc2cccc(C(=O)O)c2)cc1. The highest BCUT2D eigenvalue weighted by atomic mass is 17.2. The average molecular weight is 274 g/mol. The van der Waals surface area contributed by atoms with Crippen LogP contribution < -0.4 is 9.78 Å². The van der Waals surface area contributed by atoms with Crippen molar-refractivity contribution in [2.24, 2.45) is 0 Å². The van der Waals surface area contributed by atoms with Gasteiger partial charge in [-0.1, -0.05) is 6.07 Å². The number of carboxylic acids is 2. The van der Waals surface area contributed by atoms with E-state index in [1.54, 1.807) is 0 Å². The third-order valence-electron chi connectivity index (χ3n) is 2.42. The van der Waals surface area contributed by atoms with Crippen LogP contribution >= 0.6 is 0 Å². The molecule has 6 heteroatoms. The zero-order chi connectivity index (χ0) is 14.5. The summed E-state index contributed by atoms with van der Waals surface area (Å²) >= 11 is 0. The quantitative estimate of drug-likeness (QED) is 0.642. The van der Waals surface area contributed by atoms with E-state index in [2.05, 4.69) is 0 Å². The van der Waals surface area contributed by atoms with Crippen LogP contribution in [0.5, 0.6) is 11.5 Å². The Balaban J connectivity index is 2.03. The lowest BCUT2D eigenvalue weighted by Crippen LogP contribution is -2.03. The predicted molar refractivity (Wildman–Crippen MR) is 68.1 cm³/mol. The predicted octanol–water partition coefficient (Wildman–Crippen LogP) is 2.46. The smallest absolute Gasteiger partial charge is 0.335 e. The van der Waals surface area contributed by atoms with Crippen LogP contribution in [0.4, 0.5) is 0 Å². The van der Waals surface area contributed by atoms with E-state index < -0.39 is 11.9 Å². The molecular weight excluding hydrogens is 264 g/mol. The maximum Gasteiger partial charge on any atom is 0.335 e. The van der Waals surface area contributed by atoms with Crippen molar-refractivity contribution < 1.29 is 29.6 Å². The van der Waals surface area contributed by atoms with Crippen molar-refractivity contribution in [2.45, 2.75) is 0 Å². The molecule has 102 valence electrons. The van der Waals surface area contributed by atoms with Gasteiger partial charge in [-0.2, -0.15) is 0 Å². The Hall–Kier alpha value is -3.02. The van der Waals surface area contributed by atoms with Crippen LogP contribution in [0.25, 0.3) is 0 Å². The molecule has 0 aliphatic heterocycles. The zero-order valence-electron chi connectivity index (χ0n) is 10.1. The Morgan fingerprint density at radius 3 is 1.95 bits per heavy atom. The van der Waals surface area contributed by atoms with Crippen molar-refractivity contribution in [2.75, 3.05) is 0 Å². The number of carbonyl (C=O) groups is 2. The van der Waals surface area contributed by atoms with Crippen molar-refractivity contribution in [3.63, 3.8) is 0 Å². The second-order valence-electron chi connectivity index (χ2n) is 3.83. The Kier molecular flexibility index (Phi) is 3.85. The standard InChI is InChI=1S/C14H10O6/c15-13(16)9-4-6-11(7-5-9)19-20-12-3-1-2-10(8-12)14(17)18/h1-8H,(H,15,16)(H,17,18). The first-order valence-electron chi connectivity index (χ1n) is 5.57. The van der Waals surface area contributed by atoms with Crippen LogP contribution in [0.3, 0.4) is 0 Å². The van der Waals surface area contributed by atoms with E-state index in [0.29, 0.717) is 5.75 Å². The zero-order valence-corrected chi connectivity index (χ0v) is 10.1. The van der Waals surface area contributed by atoms with Gasteiger partial charge in [-0.15, -0.1) is 0 Å². The van der Waals surface area contributed by atoms with Crippen LogP contribution in [0, 0.1) is 0 Å². The van der Waals surface area contributed by atoms with Gasteiger partial charge in [-0.3, -0.25) is 9.78 Å². The lowest BCUT2D eigenvalue weighted by molar-refractivity contribution is -0.0999. The highest BCUT2D eigenvalue weighted by Crippen LogP contribution is 2.17. The number of aromatic carboxylic acids is 2. The molecule has 0 amide bonds. The average Bonchev–Trinajstić information content (AvgIpc) is 2.46. The van der Waals surface area contributed by atoms with Gasteiger partial charge in [0, 0.05) is 0 Å². The lowest BCUT2D eigenvalue weighted by atomic mass is 10.2. The van der Waals surface area contributed by atoms with E-state index in [9.17, 15) is 9.59 Å². The Labute approximate surface area is 113 Å². The van der Waals surface area contributed by atoms with Crippen molar-refractivity contribution in [3.05, 3.63) is 59.7 Å². The summed E-state index contributed by atoms with van der Waals surface area (Å²) in [5, 5.41) is 17.6. The molecule has 2 aromatic rings. The normalized spacial score (nSPS) is 9.80. The number of hydrogen-bond donors (Lipinski definition) is 2. The van der Waals surface area contributed by atoms with Crippen molar-refractivity contribution >= 4 is 11.9 Å². The van der Waals surface area contributed by atoms with E-state index in [0.717, 1.165) is 0 Å². The van der Waals surface area contributed by atoms with Crippen LogP contribution in [-0.4, -0.2) is 22.2 Å². The highest BCUT2D eigenvalue weighted by Gasteiger charge is 2.06. The Bertz CT molecular complexity index is 632. The second kappa shape index (κ2) is 5.75. The summed E-state index contributed by atoms with van der Waals surface area (Å²) in [5.74, 6) is -1.57. The lowest BCUT2D eigenvalue weighted by Gasteiger charge is -2.06. The van der Waals surface area contributed by atoms with Gasteiger partial charge in [-0.25, -0.2) is 9.59 Å². The first-order chi connectivity index (χ1) is 9.56. The van der Waals surface area contributed by atoms with Crippen molar-refractivity contribution in [1.29, 1.82) is 0 Å². The van der Waals surface area contributed by atoms with Crippen molar-refractivity contribution in [3.8, 4) is 11.5 Å². The molecule has 0 atom stereocenters. The van der Waals surface area contributed by atoms with Gasteiger partial charge in [0.1, 0.15) is 0 Å². The molecule has 20 heavy (non-hydrogen) atoms. The van der Waals surface area contributed by atoms with E-state index in [4.69, 9.17) is 20.0 Å². The minimum Gasteiger partial charge on any atom is -0.478 e. The van der Waals surface area contributed by atoms with Gasteiger partial charge in [-0.05, 0) is 42.5 Å². The molecule has 0 saturated carbocycles. The molecule has 0 saturated heterocycles. The summed E-state index contributed by atoms with van der Waals surface area (Å²) in [6, 6.07) is 11.4. The van der Waals surface area contributed by atoms with Gasteiger partial charge in [0.2, 0.25) is 0 Å². The monoisotopic (exact) mass is 274 g/mol. The van der Waals surface area contributed by atoms with Gasteiger partial charge in [0.15, 0.2) is 11.5 Å². The molecule has 0 unspecified atom stereocenters. The summed E-state index contributed by atoms with van der Waals surface area (Å²) in [6.45, 7) is 0. The van der Waals surface area contributed by atoms with Gasteiger partial charge in [0.25, 0.3) is 0 Å². The fourth-order valence-corrected chi connectivity index (χ4v) is 1.43. The molecule has 0 radical (unpaired) electrons. The number of hydrogen-bond acceptors (Lipinski definition) is 4. The topological polar surface area (TPSA) is 93.1 Å². The third kappa shape index (κ3) is 3.26. The molecule has 0 heterocycles. The van der Waals surface area contributed by atoms with Gasteiger partial charge >= 0.3 is 11.9 Å². The van der Waals surface area contributed by atoms with Crippen LogP contribution in [0.15, 0.2) is 48.5 Å². The fourth-order valence-electron chi connectivity index (χ4n) is 1.43. The molecule has 2 aromatic carbocycles. The number of rotatable bonds is 5. The molecule has 0 aliphatic rings. The highest BCUT2D eigenvalue weighted by molar-refractivity contribution is 5.88. The van der Waals surface area contributed by atoms with Gasteiger partial charge < -0.3 is 10.2 Å². The molecule has 2 rings (SSSR count). The van der Waals surface area contributed by atoms with E-state index in [1.807, 2.05) is 0 Å². The first kappa shape index (κ1) is 13.4. The van der Waals surface area contributed by atoms with Crippen LogP contribution in [0.2, 0.25) is 0 Å².